The summed E-state index contributed by atoms with van der Waals surface area (Å²) < 4.78 is 12.1. The van der Waals surface area contributed by atoms with Crippen molar-refractivity contribution < 1.29 is 9.31 Å². The van der Waals surface area contributed by atoms with Gasteiger partial charge in [0.05, 0.1) is 0 Å². The molecular formula is C10H22B2O2. The maximum atomic E-state index is 6.07. The number of hydrogen-bond donors (Lipinski definition) is 0. The van der Waals surface area contributed by atoms with E-state index in [1.807, 2.05) is 0 Å². The zero-order valence-corrected chi connectivity index (χ0v) is 9.95. The Balaban J connectivity index is 2.59. The van der Waals surface area contributed by atoms with Crippen LogP contribution in [0.2, 0.25) is 12.6 Å². The summed E-state index contributed by atoms with van der Waals surface area (Å²) in [5.41, 5.74) is 0. The van der Waals surface area contributed by atoms with E-state index in [0.717, 1.165) is 25.5 Å². The van der Waals surface area contributed by atoms with Gasteiger partial charge in [-0.15, -0.1) is 0 Å². The van der Waals surface area contributed by atoms with Crippen LogP contribution in [-0.4, -0.2) is 25.8 Å². The minimum atomic E-state index is 0.313. The second-order valence-electron chi connectivity index (χ2n) is 4.06. The zero-order valence-electron chi connectivity index (χ0n) is 9.95. The average molecular weight is 196 g/mol. The van der Waals surface area contributed by atoms with E-state index >= 15 is 0 Å². The van der Waals surface area contributed by atoms with E-state index in [1.165, 1.54) is 0 Å². The second kappa shape index (κ2) is 5.82. The molecular weight excluding hydrogens is 174 g/mol. The summed E-state index contributed by atoms with van der Waals surface area (Å²) >= 11 is 0. The van der Waals surface area contributed by atoms with Gasteiger partial charge in [0.1, 0.15) is 0 Å². The van der Waals surface area contributed by atoms with Crippen LogP contribution < -0.4 is 0 Å². The van der Waals surface area contributed by atoms with Gasteiger partial charge in [-0.1, -0.05) is 27.7 Å². The van der Waals surface area contributed by atoms with Crippen molar-refractivity contribution in [2.75, 3.05) is 0 Å². The van der Waals surface area contributed by atoms with Crippen molar-refractivity contribution in [2.45, 2.75) is 65.2 Å². The fourth-order valence-electron chi connectivity index (χ4n) is 2.24. The lowest BCUT2D eigenvalue weighted by Gasteiger charge is -2.38. The molecule has 0 bridgehead atoms. The molecule has 0 spiro atoms. The highest BCUT2D eigenvalue weighted by atomic mass is 16.5. The molecule has 1 rings (SSSR count). The zero-order chi connectivity index (χ0) is 10.6. The molecule has 0 aliphatic carbocycles. The molecule has 0 saturated carbocycles. The third-order valence-corrected chi connectivity index (χ3v) is 3.14. The Morgan fingerprint density at radius 3 is 1.36 bits per heavy atom. The van der Waals surface area contributed by atoms with E-state index in [4.69, 9.17) is 9.31 Å². The van der Waals surface area contributed by atoms with Crippen molar-refractivity contribution in [1.29, 1.82) is 0 Å². The predicted octanol–water partition coefficient (Wildman–Crippen LogP) is 2.69. The highest BCUT2D eigenvalue weighted by molar-refractivity contribution is 6.62. The lowest BCUT2D eigenvalue weighted by Crippen LogP contribution is -2.53. The molecule has 1 aliphatic rings. The van der Waals surface area contributed by atoms with Crippen molar-refractivity contribution in [3.05, 3.63) is 0 Å². The topological polar surface area (TPSA) is 18.5 Å². The summed E-state index contributed by atoms with van der Waals surface area (Å²) in [6, 6.07) is 0.625. The van der Waals surface area contributed by atoms with Crippen molar-refractivity contribution in [3.63, 3.8) is 0 Å². The molecule has 1 fully saturated rings. The standard InChI is InChI=1S/C10H22B2O2/c1-5-9-11(7-3)14-10(6-2)12(8-4)13-9/h9-10H,5-8H2,1-4H3. The summed E-state index contributed by atoms with van der Waals surface area (Å²) in [5, 5.41) is 0. The van der Waals surface area contributed by atoms with E-state index in [2.05, 4.69) is 27.7 Å². The highest BCUT2D eigenvalue weighted by Crippen LogP contribution is 2.23. The fraction of sp³-hybridized carbons (Fsp3) is 1.00. The Morgan fingerprint density at radius 1 is 0.786 bits per heavy atom. The van der Waals surface area contributed by atoms with E-state index in [1.54, 1.807) is 0 Å². The lowest BCUT2D eigenvalue weighted by molar-refractivity contribution is 0.136. The third-order valence-electron chi connectivity index (χ3n) is 3.14. The van der Waals surface area contributed by atoms with Crippen molar-refractivity contribution in [2.24, 2.45) is 0 Å². The van der Waals surface area contributed by atoms with Gasteiger partial charge in [-0.05, 0) is 25.5 Å². The lowest BCUT2D eigenvalue weighted by atomic mass is 9.49. The number of rotatable bonds is 4. The van der Waals surface area contributed by atoms with E-state index in [9.17, 15) is 0 Å². The highest BCUT2D eigenvalue weighted by Gasteiger charge is 2.40. The Morgan fingerprint density at radius 2 is 1.14 bits per heavy atom. The quantitative estimate of drug-likeness (QED) is 0.643. The van der Waals surface area contributed by atoms with Crippen molar-refractivity contribution in [1.82, 2.24) is 0 Å². The van der Waals surface area contributed by atoms with Crippen LogP contribution in [0.3, 0.4) is 0 Å². The average Bonchev–Trinajstić information content (AvgIpc) is 2.26. The van der Waals surface area contributed by atoms with Crippen LogP contribution in [0.5, 0.6) is 0 Å². The van der Waals surface area contributed by atoms with Crippen LogP contribution in [0.4, 0.5) is 0 Å². The molecule has 4 heteroatoms. The molecule has 2 unspecified atom stereocenters. The molecule has 1 heterocycles. The summed E-state index contributed by atoms with van der Waals surface area (Å²) in [6.07, 6.45) is 4.24. The molecule has 80 valence electrons. The maximum absolute atomic E-state index is 6.07. The Hall–Kier alpha value is 0.0499. The van der Waals surface area contributed by atoms with Crippen LogP contribution in [0, 0.1) is 0 Å². The molecule has 2 nitrogen and oxygen atoms in total. The minimum Gasteiger partial charge on any atom is -0.434 e. The van der Waals surface area contributed by atoms with Gasteiger partial charge in [-0.3, -0.25) is 0 Å². The maximum Gasteiger partial charge on any atom is 0.319 e. The first-order valence-corrected chi connectivity index (χ1v) is 6.07. The van der Waals surface area contributed by atoms with E-state index in [-0.39, 0.29) is 0 Å². The van der Waals surface area contributed by atoms with Crippen LogP contribution in [0.25, 0.3) is 0 Å². The molecule has 14 heavy (non-hydrogen) atoms. The molecule has 0 aromatic rings. The summed E-state index contributed by atoms with van der Waals surface area (Å²) in [4.78, 5) is 0. The van der Waals surface area contributed by atoms with Gasteiger partial charge in [0, 0.05) is 12.0 Å². The first kappa shape index (κ1) is 12.1. The first-order chi connectivity index (χ1) is 6.76. The van der Waals surface area contributed by atoms with Crippen molar-refractivity contribution in [3.8, 4) is 0 Å². The molecule has 0 N–H and O–H groups in total. The third kappa shape index (κ3) is 2.54. The first-order valence-electron chi connectivity index (χ1n) is 6.07. The molecule has 1 aliphatic heterocycles. The van der Waals surface area contributed by atoms with Crippen LogP contribution >= 0.6 is 0 Å². The molecule has 0 aromatic carbocycles. The minimum absolute atomic E-state index is 0.313. The monoisotopic (exact) mass is 196 g/mol. The Bertz CT molecular complexity index is 132. The Kier molecular flexibility index (Phi) is 5.04. The molecule has 0 amide bonds. The molecule has 1 saturated heterocycles. The van der Waals surface area contributed by atoms with Crippen molar-refractivity contribution >= 4 is 13.8 Å². The molecule has 2 atom stereocenters. The molecule has 0 aromatic heterocycles. The van der Waals surface area contributed by atoms with Crippen LogP contribution in [0.1, 0.15) is 40.5 Å². The largest absolute Gasteiger partial charge is 0.434 e. The van der Waals surface area contributed by atoms with Gasteiger partial charge in [-0.2, -0.15) is 0 Å². The second-order valence-corrected chi connectivity index (χ2v) is 4.06. The van der Waals surface area contributed by atoms with Crippen LogP contribution in [-0.2, 0) is 9.31 Å². The summed E-state index contributed by atoms with van der Waals surface area (Å²) in [7, 11) is 0. The van der Waals surface area contributed by atoms with Gasteiger partial charge >= 0.3 is 13.8 Å². The van der Waals surface area contributed by atoms with Gasteiger partial charge in [0.15, 0.2) is 0 Å². The van der Waals surface area contributed by atoms with Gasteiger partial charge < -0.3 is 9.31 Å². The van der Waals surface area contributed by atoms with E-state index in [0.29, 0.717) is 25.8 Å². The number of hydrogen-bond acceptors (Lipinski definition) is 2. The predicted molar refractivity (Wildman–Crippen MR) is 62.8 cm³/mol. The summed E-state index contributed by atoms with van der Waals surface area (Å²) in [5.74, 6) is 0. The fourth-order valence-corrected chi connectivity index (χ4v) is 2.24. The normalized spacial score (nSPS) is 28.3. The molecule has 0 radical (unpaired) electrons. The van der Waals surface area contributed by atoms with Gasteiger partial charge in [-0.25, -0.2) is 0 Å². The van der Waals surface area contributed by atoms with Gasteiger partial charge in [0.2, 0.25) is 0 Å². The van der Waals surface area contributed by atoms with E-state index < -0.39 is 0 Å². The summed E-state index contributed by atoms with van der Waals surface area (Å²) in [6.45, 7) is 9.33. The smallest absolute Gasteiger partial charge is 0.319 e. The van der Waals surface area contributed by atoms with Gasteiger partial charge in [0.25, 0.3) is 0 Å². The Labute approximate surface area is 89.0 Å². The SMILES string of the molecule is CCB1OC(CC)B(CC)OC1CC. The van der Waals surface area contributed by atoms with Crippen LogP contribution in [0.15, 0.2) is 0 Å².